The summed E-state index contributed by atoms with van der Waals surface area (Å²) in [5.74, 6) is 0. The number of imidazole rings is 1. The fourth-order valence-electron chi connectivity index (χ4n) is 2.38. The van der Waals surface area contributed by atoms with Crippen molar-refractivity contribution in [2.24, 2.45) is 0 Å². The summed E-state index contributed by atoms with van der Waals surface area (Å²) in [4.78, 5) is 27.0. The van der Waals surface area contributed by atoms with Crippen molar-refractivity contribution in [3.63, 3.8) is 0 Å². The number of aliphatic hydroxyl groups excluding tert-OH is 2. The molecule has 0 spiro atoms. The first-order chi connectivity index (χ1) is 11.2. The molecule has 0 radical (unpaired) electrons. The van der Waals surface area contributed by atoms with E-state index in [0.717, 1.165) is 6.33 Å². The van der Waals surface area contributed by atoms with Gasteiger partial charge in [0.25, 0.3) is 7.82 Å². The number of fused-ring (bicyclic) bond motifs is 1. The van der Waals surface area contributed by atoms with E-state index in [1.54, 1.807) is 0 Å². The van der Waals surface area contributed by atoms with Gasteiger partial charge < -0.3 is 34.5 Å². The van der Waals surface area contributed by atoms with Crippen molar-refractivity contribution in [3.05, 3.63) is 18.1 Å². The zero-order valence-electron chi connectivity index (χ0n) is 12.8. The molecule has 5 atom stereocenters. The van der Waals surface area contributed by atoms with Crippen LogP contribution < -0.4 is 39.9 Å². The Morgan fingerprint density at radius 2 is 2.04 bits per heavy atom. The van der Waals surface area contributed by atoms with Crippen LogP contribution in [0.15, 0.2) is 12.7 Å². The number of nitrogens with one attached hydrogen (secondary N) is 1. The summed E-state index contributed by atoms with van der Waals surface area (Å²) in [5.41, 5.74) is -0.233. The molecule has 1 unspecified atom stereocenters. The summed E-state index contributed by atoms with van der Waals surface area (Å²) in [5, 5.41) is 37.1. The quantitative estimate of drug-likeness (QED) is 0.192. The summed E-state index contributed by atoms with van der Waals surface area (Å²) < 4.78 is 21.8. The maximum Gasteiger partial charge on any atom is 1.00 e. The predicted molar refractivity (Wildman–Crippen MR) is 70.3 cm³/mol. The number of phosphoric acid groups is 1. The summed E-state index contributed by atoms with van der Waals surface area (Å²) >= 11 is 0. The van der Waals surface area contributed by atoms with Crippen molar-refractivity contribution in [1.29, 1.82) is 5.41 Å². The average Bonchev–Trinajstić information content (AvgIpc) is 3.04. The summed E-state index contributed by atoms with van der Waals surface area (Å²) in [6.07, 6.45) is -3.27. The van der Waals surface area contributed by atoms with Gasteiger partial charge in [0.1, 0.15) is 24.6 Å². The molecule has 5 N–H and O–H groups in total. The van der Waals surface area contributed by atoms with Crippen LogP contribution in [0.3, 0.4) is 0 Å². The first kappa shape index (κ1) is 20.5. The monoisotopic (exact) mass is 385 g/mol. The molecule has 25 heavy (non-hydrogen) atoms. The van der Waals surface area contributed by atoms with Gasteiger partial charge in [-0.15, -0.1) is 0 Å². The van der Waals surface area contributed by atoms with Gasteiger partial charge in [0.05, 0.1) is 12.9 Å². The van der Waals surface area contributed by atoms with Crippen LogP contribution in [0.2, 0.25) is 0 Å². The molecule has 132 valence electrons. The second-order valence-corrected chi connectivity index (χ2v) is 6.27. The smallest absolute Gasteiger partial charge is 0.756 e. The zero-order valence-corrected chi connectivity index (χ0v) is 15.7. The van der Waals surface area contributed by atoms with Crippen molar-refractivity contribution in [2.45, 2.75) is 24.5 Å². The van der Waals surface area contributed by atoms with Gasteiger partial charge in [-0.25, -0.2) is 9.97 Å². The first-order valence-corrected chi connectivity index (χ1v) is 8.06. The molecule has 0 saturated carbocycles. The Bertz CT molecular complexity index is 867. The third-order valence-corrected chi connectivity index (χ3v) is 4.00. The second-order valence-electron chi connectivity index (χ2n) is 5.07. The van der Waals surface area contributed by atoms with Crippen molar-refractivity contribution in [3.8, 4) is 0 Å². The molecule has 0 bridgehead atoms. The summed E-state index contributed by atoms with van der Waals surface area (Å²) in [6.45, 7) is -0.702. The van der Waals surface area contributed by atoms with E-state index in [0.29, 0.717) is 4.73 Å². The van der Waals surface area contributed by atoms with Gasteiger partial charge in [-0.05, 0) is 0 Å². The Hall–Kier alpha value is -0.860. The van der Waals surface area contributed by atoms with Gasteiger partial charge in [-0.2, -0.15) is 4.73 Å². The SMILES string of the molecule is N=c1c2ncn([C@@H]3O[C@H](COP(=O)([O-])O)[C@@H](O)[C@H]3O)c2ncn1O.[Na+]. The van der Waals surface area contributed by atoms with E-state index in [1.807, 2.05) is 0 Å². The van der Waals surface area contributed by atoms with Crippen LogP contribution in [-0.4, -0.2) is 64.5 Å². The van der Waals surface area contributed by atoms with Gasteiger partial charge in [-0.3, -0.25) is 14.5 Å². The van der Waals surface area contributed by atoms with E-state index in [-0.39, 0.29) is 46.2 Å². The van der Waals surface area contributed by atoms with Gasteiger partial charge in [0, 0.05) is 0 Å². The Labute approximate surface area is 161 Å². The van der Waals surface area contributed by atoms with Crippen molar-refractivity contribution in [2.75, 3.05) is 6.61 Å². The third-order valence-electron chi connectivity index (χ3n) is 3.52. The number of hydrogen-bond acceptors (Lipinski definition) is 10. The minimum absolute atomic E-state index is 0. The second kappa shape index (κ2) is 7.40. The predicted octanol–water partition coefficient (Wildman–Crippen LogP) is -5.95. The van der Waals surface area contributed by atoms with Gasteiger partial charge in [0.15, 0.2) is 22.9 Å². The Morgan fingerprint density at radius 3 is 2.68 bits per heavy atom. The fourth-order valence-corrected chi connectivity index (χ4v) is 2.71. The largest absolute Gasteiger partial charge is 1.00 e. The van der Waals surface area contributed by atoms with Crippen LogP contribution in [-0.2, 0) is 13.8 Å². The fraction of sp³-hybridized carbons (Fsp3) is 0.500. The first-order valence-electron chi connectivity index (χ1n) is 6.57. The molecule has 1 saturated heterocycles. The van der Waals surface area contributed by atoms with Crippen LogP contribution >= 0.6 is 7.82 Å². The molecule has 0 aliphatic carbocycles. The summed E-state index contributed by atoms with van der Waals surface area (Å²) in [7, 11) is -5.01. The van der Waals surface area contributed by atoms with Crippen molar-refractivity contribution in [1.82, 2.24) is 19.3 Å². The van der Waals surface area contributed by atoms with E-state index in [2.05, 4.69) is 14.5 Å². The number of hydrogen-bond donors (Lipinski definition) is 5. The molecule has 1 aliphatic rings. The van der Waals surface area contributed by atoms with E-state index in [9.17, 15) is 24.9 Å². The molecule has 15 heteroatoms. The minimum Gasteiger partial charge on any atom is -0.756 e. The maximum atomic E-state index is 10.6. The summed E-state index contributed by atoms with van der Waals surface area (Å²) in [6, 6.07) is 0. The molecule has 2 aromatic heterocycles. The maximum absolute atomic E-state index is 10.6. The number of nitrogens with zero attached hydrogens (tertiary/aromatic N) is 4. The molecule has 1 fully saturated rings. The molecule has 1 aliphatic heterocycles. The molecule has 3 heterocycles. The van der Waals surface area contributed by atoms with Crippen LogP contribution in [0.5, 0.6) is 0 Å². The van der Waals surface area contributed by atoms with Gasteiger partial charge >= 0.3 is 29.6 Å². The van der Waals surface area contributed by atoms with Crippen molar-refractivity contribution >= 4 is 19.0 Å². The van der Waals surface area contributed by atoms with Crippen LogP contribution in [0.4, 0.5) is 0 Å². The Kier molecular flexibility index (Phi) is 6.06. The Morgan fingerprint density at radius 1 is 1.36 bits per heavy atom. The van der Waals surface area contributed by atoms with Crippen LogP contribution in [0.1, 0.15) is 6.23 Å². The average molecular weight is 385 g/mol. The molecular weight excluding hydrogens is 372 g/mol. The molecule has 0 aromatic carbocycles. The van der Waals surface area contributed by atoms with Gasteiger partial charge in [0.2, 0.25) is 0 Å². The van der Waals surface area contributed by atoms with E-state index < -0.39 is 39.0 Å². The topological polar surface area (TPSA) is 199 Å². The van der Waals surface area contributed by atoms with E-state index >= 15 is 0 Å². The number of rotatable bonds is 4. The van der Waals surface area contributed by atoms with Gasteiger partial charge in [-0.1, -0.05) is 0 Å². The molecule has 13 nitrogen and oxygen atoms in total. The normalized spacial score (nSPS) is 28.6. The number of aliphatic hydroxyl groups is 2. The van der Waals surface area contributed by atoms with Crippen molar-refractivity contribution < 1.29 is 68.6 Å². The number of phosphoric ester groups is 1. The van der Waals surface area contributed by atoms with Crippen LogP contribution in [0, 0.1) is 5.41 Å². The van der Waals surface area contributed by atoms with E-state index in [1.165, 1.54) is 10.9 Å². The minimum atomic E-state index is -5.01. The zero-order chi connectivity index (χ0) is 17.6. The molecule has 0 amide bonds. The standard InChI is InChI=1S/C10H14N5O8P.Na/c11-8-5-9(13-3-15(8)18)14(2-12-5)10-7(17)6(16)4(23-10)1-22-24(19,20)21;/h2-4,6-7,10-11,16-18H,1H2,(H2,19,20,21);/q;+1/p-1/t4-,6-,7-,10-;/m1./s1. The third kappa shape index (κ3) is 3.95. The number of ether oxygens (including phenoxy) is 1. The number of aromatic nitrogens is 4. The molecule has 3 rings (SSSR count). The van der Waals surface area contributed by atoms with E-state index in [4.69, 9.17) is 15.0 Å². The molecule has 2 aromatic rings. The van der Waals surface area contributed by atoms with Crippen LogP contribution in [0.25, 0.3) is 11.2 Å². The molecular formula is C10H13N5NaO8P. The Balaban J connectivity index is 0.00000225.